The monoisotopic (exact) mass is 444 g/mol. The van der Waals surface area contributed by atoms with Crippen molar-refractivity contribution in [3.8, 4) is 16.3 Å². The number of ether oxygens (including phenoxy) is 1. The number of amides is 1. The molecule has 0 spiro atoms. The summed E-state index contributed by atoms with van der Waals surface area (Å²) < 4.78 is 31.5. The number of anilines is 2. The molecule has 1 amide bonds. The van der Waals surface area contributed by atoms with Gasteiger partial charge in [-0.05, 0) is 31.5 Å². The lowest BCUT2D eigenvalue weighted by Crippen LogP contribution is -2.48. The van der Waals surface area contributed by atoms with Crippen LogP contribution in [0.25, 0.3) is 10.6 Å². The molecule has 156 valence electrons. The van der Waals surface area contributed by atoms with Gasteiger partial charge in [-0.1, -0.05) is 47.2 Å². The van der Waals surface area contributed by atoms with Crippen LogP contribution in [-0.4, -0.2) is 43.4 Å². The van der Waals surface area contributed by atoms with Gasteiger partial charge in [0.1, 0.15) is 10.8 Å². The van der Waals surface area contributed by atoms with E-state index in [1.54, 1.807) is 18.2 Å². The molecule has 0 radical (unpaired) electrons. The van der Waals surface area contributed by atoms with Crippen molar-refractivity contribution in [1.29, 1.82) is 0 Å². The van der Waals surface area contributed by atoms with E-state index in [2.05, 4.69) is 15.5 Å². The van der Waals surface area contributed by atoms with Gasteiger partial charge in [-0.2, -0.15) is 0 Å². The zero-order valence-corrected chi connectivity index (χ0v) is 18.3. The maximum absolute atomic E-state index is 12.8. The van der Waals surface area contributed by atoms with Crippen molar-refractivity contribution in [2.75, 3.05) is 22.4 Å². The summed E-state index contributed by atoms with van der Waals surface area (Å²) in [6.07, 6.45) is 0.0935. The van der Waals surface area contributed by atoms with Crippen LogP contribution in [0.5, 0.6) is 5.75 Å². The van der Waals surface area contributed by atoms with E-state index in [0.717, 1.165) is 22.9 Å². The molecular formula is C20H20N4O4S2. The van der Waals surface area contributed by atoms with E-state index >= 15 is 0 Å². The summed E-state index contributed by atoms with van der Waals surface area (Å²) in [5.41, 5.74) is 3.36. The van der Waals surface area contributed by atoms with Crippen LogP contribution in [0.2, 0.25) is 0 Å². The average Bonchev–Trinajstić information content (AvgIpc) is 3.15. The lowest BCUT2D eigenvalue weighted by Gasteiger charge is -2.33. The molecule has 2 heterocycles. The predicted octanol–water partition coefficient (Wildman–Crippen LogP) is 2.99. The Morgan fingerprint density at radius 1 is 1.13 bits per heavy atom. The number of hydrogen-bond donors (Lipinski definition) is 1. The molecule has 30 heavy (non-hydrogen) atoms. The fourth-order valence-corrected chi connectivity index (χ4v) is 4.75. The number of aromatic nitrogens is 2. The Labute approximate surface area is 178 Å². The summed E-state index contributed by atoms with van der Waals surface area (Å²) in [7, 11) is -3.58. The minimum atomic E-state index is -3.58. The zero-order chi connectivity index (χ0) is 21.5. The molecule has 0 saturated carbocycles. The maximum Gasteiger partial charge on any atom is 0.269 e. The van der Waals surface area contributed by atoms with Crippen LogP contribution in [0.4, 0.5) is 10.8 Å². The molecule has 4 rings (SSSR count). The number of carbonyl (C=O) groups excluding carboxylic acids is 1. The normalized spacial score (nSPS) is 16.0. The van der Waals surface area contributed by atoms with E-state index in [0.29, 0.717) is 21.6 Å². The largest absolute Gasteiger partial charge is 0.476 e. The highest BCUT2D eigenvalue weighted by Gasteiger charge is 2.35. The van der Waals surface area contributed by atoms with Crippen molar-refractivity contribution in [3.63, 3.8) is 0 Å². The first-order valence-electron chi connectivity index (χ1n) is 9.17. The van der Waals surface area contributed by atoms with E-state index in [-0.39, 0.29) is 6.54 Å². The summed E-state index contributed by atoms with van der Waals surface area (Å²) in [5.74, 6) is -0.133. The van der Waals surface area contributed by atoms with Crippen LogP contribution < -0.4 is 14.4 Å². The van der Waals surface area contributed by atoms with E-state index in [9.17, 15) is 13.2 Å². The Morgan fingerprint density at radius 3 is 2.53 bits per heavy atom. The van der Waals surface area contributed by atoms with E-state index in [4.69, 9.17) is 4.74 Å². The number of sulfonamides is 1. The molecule has 0 saturated heterocycles. The van der Waals surface area contributed by atoms with Gasteiger partial charge in [0.15, 0.2) is 6.10 Å². The topological polar surface area (TPSA) is 101 Å². The maximum atomic E-state index is 12.8. The second-order valence-corrected chi connectivity index (χ2v) is 10.0. The van der Waals surface area contributed by atoms with Crippen LogP contribution in [0.3, 0.4) is 0 Å². The van der Waals surface area contributed by atoms with E-state index in [1.807, 2.05) is 38.1 Å². The van der Waals surface area contributed by atoms with Crippen molar-refractivity contribution in [2.24, 2.45) is 0 Å². The van der Waals surface area contributed by atoms with Gasteiger partial charge in [0.05, 0.1) is 18.5 Å². The first-order valence-corrected chi connectivity index (χ1v) is 11.8. The third-order valence-corrected chi connectivity index (χ3v) is 6.67. The molecule has 1 aliphatic rings. The Balaban J connectivity index is 1.55. The number of hydrogen-bond acceptors (Lipinski definition) is 7. The number of nitrogens with one attached hydrogen (secondary N) is 1. The fourth-order valence-electron chi connectivity index (χ4n) is 3.08. The SMILES string of the molecule is Cc1ccc(-c2nnc(NC(=O)[C@@H]3CN(S(C)(=O)=O)c4ccc(C)cc4O3)s2)cc1. The molecule has 0 unspecified atom stereocenters. The molecule has 0 fully saturated rings. The van der Waals surface area contributed by atoms with Crippen LogP contribution >= 0.6 is 11.3 Å². The molecular weight excluding hydrogens is 424 g/mol. The van der Waals surface area contributed by atoms with Crippen LogP contribution in [-0.2, 0) is 14.8 Å². The molecule has 1 aliphatic heterocycles. The third-order valence-electron chi connectivity index (χ3n) is 4.63. The smallest absolute Gasteiger partial charge is 0.269 e. The second kappa shape index (κ2) is 7.69. The zero-order valence-electron chi connectivity index (χ0n) is 16.6. The molecule has 3 aromatic rings. The Kier molecular flexibility index (Phi) is 5.20. The lowest BCUT2D eigenvalue weighted by atomic mass is 10.1. The van der Waals surface area contributed by atoms with Gasteiger partial charge >= 0.3 is 0 Å². The number of carbonyl (C=O) groups is 1. The van der Waals surface area contributed by atoms with Gasteiger partial charge in [-0.15, -0.1) is 10.2 Å². The van der Waals surface area contributed by atoms with Crippen LogP contribution in [0, 0.1) is 13.8 Å². The molecule has 2 aromatic carbocycles. The van der Waals surface area contributed by atoms with Gasteiger partial charge in [-0.25, -0.2) is 8.42 Å². The first kappa shape index (κ1) is 20.3. The van der Waals surface area contributed by atoms with Crippen LogP contribution in [0.1, 0.15) is 11.1 Å². The third kappa shape index (κ3) is 4.14. The fraction of sp³-hybridized carbons (Fsp3) is 0.250. The number of rotatable bonds is 4. The van der Waals surface area contributed by atoms with Crippen molar-refractivity contribution >= 4 is 38.1 Å². The van der Waals surface area contributed by atoms with Gasteiger partial charge < -0.3 is 4.74 Å². The summed E-state index contributed by atoms with van der Waals surface area (Å²) in [4.78, 5) is 12.8. The quantitative estimate of drug-likeness (QED) is 0.664. The molecule has 10 heteroatoms. The summed E-state index contributed by atoms with van der Waals surface area (Å²) in [6, 6.07) is 13.0. The minimum Gasteiger partial charge on any atom is -0.476 e. The van der Waals surface area contributed by atoms with Gasteiger partial charge in [-0.3, -0.25) is 14.4 Å². The van der Waals surface area contributed by atoms with E-state index < -0.39 is 22.0 Å². The Bertz CT molecular complexity index is 1210. The highest BCUT2D eigenvalue weighted by atomic mass is 32.2. The summed E-state index contributed by atoms with van der Waals surface area (Å²) in [5, 5.41) is 11.8. The highest BCUT2D eigenvalue weighted by Crippen LogP contribution is 2.36. The summed E-state index contributed by atoms with van der Waals surface area (Å²) in [6.45, 7) is 3.75. The average molecular weight is 445 g/mol. The minimum absolute atomic E-state index is 0.121. The van der Waals surface area contributed by atoms with Crippen LogP contribution in [0.15, 0.2) is 42.5 Å². The van der Waals surface area contributed by atoms with Gasteiger partial charge in [0.2, 0.25) is 15.2 Å². The molecule has 1 aromatic heterocycles. The van der Waals surface area contributed by atoms with E-state index in [1.165, 1.54) is 15.6 Å². The van der Waals surface area contributed by atoms with Gasteiger partial charge in [0, 0.05) is 5.56 Å². The Morgan fingerprint density at radius 2 is 1.83 bits per heavy atom. The molecule has 1 N–H and O–H groups in total. The van der Waals surface area contributed by atoms with Crippen molar-refractivity contribution < 1.29 is 17.9 Å². The molecule has 1 atom stereocenters. The van der Waals surface area contributed by atoms with Crippen molar-refractivity contribution in [1.82, 2.24) is 10.2 Å². The summed E-state index contributed by atoms with van der Waals surface area (Å²) >= 11 is 1.24. The Hall–Kier alpha value is -2.98. The number of aryl methyl sites for hydroxylation is 2. The number of nitrogens with zero attached hydrogens (tertiary/aromatic N) is 3. The standard InChI is InChI=1S/C20H20N4O4S2/c1-12-4-7-14(8-5-12)19-22-23-20(29-19)21-18(25)17-11-24(30(3,26)27)15-9-6-13(2)10-16(15)28-17/h4-10,17H,11H2,1-3H3,(H,21,23,25)/t17-/m0/s1. The van der Waals surface area contributed by atoms with Crippen molar-refractivity contribution in [3.05, 3.63) is 53.6 Å². The molecule has 0 aliphatic carbocycles. The molecule has 8 nitrogen and oxygen atoms in total. The number of benzene rings is 2. The molecule has 0 bridgehead atoms. The van der Waals surface area contributed by atoms with Crippen molar-refractivity contribution in [2.45, 2.75) is 20.0 Å². The highest BCUT2D eigenvalue weighted by molar-refractivity contribution is 7.92. The second-order valence-electron chi connectivity index (χ2n) is 7.14. The predicted molar refractivity (Wildman–Crippen MR) is 116 cm³/mol. The lowest BCUT2D eigenvalue weighted by molar-refractivity contribution is -0.122. The first-order chi connectivity index (χ1) is 14.2. The van der Waals surface area contributed by atoms with Gasteiger partial charge in [0.25, 0.3) is 5.91 Å². The number of fused-ring (bicyclic) bond motifs is 1.